The second kappa shape index (κ2) is 8.16. The third-order valence-electron chi connectivity index (χ3n) is 2.41. The van der Waals surface area contributed by atoms with Crippen LogP contribution in [0.5, 0.6) is 0 Å². The predicted octanol–water partition coefficient (Wildman–Crippen LogP) is 2.65. The SMILES string of the molecule is Nc1ccccc1-c1ccccc1.O=C(O)/C=C/C(=O)O. The number of nitrogen functional groups attached to an aromatic ring is 1. The van der Waals surface area contributed by atoms with Crippen LogP contribution >= 0.6 is 0 Å². The first-order valence-corrected chi connectivity index (χ1v) is 6.04. The van der Waals surface area contributed by atoms with E-state index in [0.29, 0.717) is 12.2 Å². The largest absolute Gasteiger partial charge is 0.478 e. The van der Waals surface area contributed by atoms with E-state index >= 15 is 0 Å². The van der Waals surface area contributed by atoms with E-state index in [4.69, 9.17) is 15.9 Å². The van der Waals surface area contributed by atoms with Crippen LogP contribution in [0, 0.1) is 0 Å². The molecule has 0 atom stereocenters. The third-order valence-corrected chi connectivity index (χ3v) is 2.41. The number of hydrogen-bond acceptors (Lipinski definition) is 3. The van der Waals surface area contributed by atoms with Gasteiger partial charge in [-0.25, -0.2) is 9.59 Å². The number of carboxylic acids is 2. The predicted molar refractivity (Wildman–Crippen MR) is 80.7 cm³/mol. The third kappa shape index (κ3) is 6.07. The van der Waals surface area contributed by atoms with Crippen LogP contribution < -0.4 is 5.73 Å². The first-order valence-electron chi connectivity index (χ1n) is 6.04. The van der Waals surface area contributed by atoms with E-state index in [1.165, 1.54) is 5.56 Å². The highest BCUT2D eigenvalue weighted by Crippen LogP contribution is 2.24. The lowest BCUT2D eigenvalue weighted by Gasteiger charge is -2.03. The van der Waals surface area contributed by atoms with E-state index < -0.39 is 11.9 Å². The van der Waals surface area contributed by atoms with Gasteiger partial charge in [0.25, 0.3) is 0 Å². The normalized spacial score (nSPS) is 9.71. The molecule has 4 N–H and O–H groups in total. The summed E-state index contributed by atoms with van der Waals surface area (Å²) in [6, 6.07) is 18.1. The Morgan fingerprint density at radius 3 is 1.76 bits per heavy atom. The summed E-state index contributed by atoms with van der Waals surface area (Å²) in [5.41, 5.74) is 8.95. The summed E-state index contributed by atoms with van der Waals surface area (Å²) >= 11 is 0. The molecule has 0 amide bonds. The lowest BCUT2D eigenvalue weighted by atomic mass is 10.0. The fraction of sp³-hybridized carbons (Fsp3) is 0. The molecule has 0 aliphatic heterocycles. The first kappa shape index (κ1) is 16.0. The number of benzene rings is 2. The molecule has 2 rings (SSSR count). The van der Waals surface area contributed by atoms with Crippen molar-refractivity contribution in [2.45, 2.75) is 0 Å². The second-order valence-corrected chi connectivity index (χ2v) is 3.96. The minimum atomic E-state index is -1.26. The molecule has 0 aliphatic rings. The molecule has 0 saturated heterocycles. The van der Waals surface area contributed by atoms with Gasteiger partial charge < -0.3 is 15.9 Å². The van der Waals surface area contributed by atoms with Crippen LogP contribution in [0.3, 0.4) is 0 Å². The number of anilines is 1. The highest BCUT2D eigenvalue weighted by Gasteiger charge is 1.98. The maximum Gasteiger partial charge on any atom is 0.328 e. The molecule has 0 fully saturated rings. The Kier molecular flexibility index (Phi) is 6.21. The van der Waals surface area contributed by atoms with Crippen molar-refractivity contribution in [1.29, 1.82) is 0 Å². The number of carboxylic acid groups (broad SMARTS) is 2. The fourth-order valence-electron chi connectivity index (χ4n) is 1.52. The zero-order valence-electron chi connectivity index (χ0n) is 11.1. The van der Waals surface area contributed by atoms with E-state index in [2.05, 4.69) is 12.1 Å². The molecule has 0 aromatic heterocycles. The molecule has 2 aromatic rings. The van der Waals surface area contributed by atoms with Crippen LogP contribution in [0.15, 0.2) is 66.7 Å². The van der Waals surface area contributed by atoms with Crippen molar-refractivity contribution in [3.05, 3.63) is 66.7 Å². The summed E-state index contributed by atoms with van der Waals surface area (Å²) in [7, 11) is 0. The van der Waals surface area contributed by atoms with Crippen LogP contribution in [0.25, 0.3) is 11.1 Å². The maximum absolute atomic E-state index is 9.55. The maximum atomic E-state index is 9.55. The van der Waals surface area contributed by atoms with Gasteiger partial charge in [0.15, 0.2) is 0 Å². The van der Waals surface area contributed by atoms with Gasteiger partial charge in [-0.2, -0.15) is 0 Å². The standard InChI is InChI=1S/C12H11N.C4H4O4/c13-12-9-5-4-8-11(12)10-6-2-1-3-7-10;5-3(6)1-2-4(7)8/h1-9H,13H2;1-2H,(H,5,6)(H,7,8)/b;2-1+. The van der Waals surface area contributed by atoms with Crippen LogP contribution in [-0.2, 0) is 9.59 Å². The van der Waals surface area contributed by atoms with Gasteiger partial charge in [0, 0.05) is 23.4 Å². The lowest BCUT2D eigenvalue weighted by Crippen LogP contribution is -1.91. The van der Waals surface area contributed by atoms with Crippen molar-refractivity contribution in [3.8, 4) is 11.1 Å². The average Bonchev–Trinajstić information content (AvgIpc) is 2.47. The Morgan fingerprint density at radius 2 is 1.29 bits per heavy atom. The fourth-order valence-corrected chi connectivity index (χ4v) is 1.52. The van der Waals surface area contributed by atoms with Crippen LogP contribution in [0.4, 0.5) is 5.69 Å². The molecule has 108 valence electrons. The van der Waals surface area contributed by atoms with Crippen molar-refractivity contribution < 1.29 is 19.8 Å². The molecule has 5 heteroatoms. The van der Waals surface area contributed by atoms with Crippen molar-refractivity contribution in [1.82, 2.24) is 0 Å². The molecule has 0 radical (unpaired) electrons. The van der Waals surface area contributed by atoms with Crippen molar-refractivity contribution in [3.63, 3.8) is 0 Å². The quantitative estimate of drug-likeness (QED) is 0.594. The molecule has 5 nitrogen and oxygen atoms in total. The molecule has 21 heavy (non-hydrogen) atoms. The summed E-state index contributed by atoms with van der Waals surface area (Å²) < 4.78 is 0. The number of rotatable bonds is 3. The monoisotopic (exact) mass is 285 g/mol. The lowest BCUT2D eigenvalue weighted by molar-refractivity contribution is -0.134. The molecule has 0 unspecified atom stereocenters. The topological polar surface area (TPSA) is 101 Å². The molecule has 0 aliphatic carbocycles. The second-order valence-electron chi connectivity index (χ2n) is 3.96. The van der Waals surface area contributed by atoms with Gasteiger partial charge in [0.05, 0.1) is 0 Å². The van der Waals surface area contributed by atoms with Gasteiger partial charge in [-0.15, -0.1) is 0 Å². The Morgan fingerprint density at radius 1 is 0.810 bits per heavy atom. The Hall–Kier alpha value is -3.08. The van der Waals surface area contributed by atoms with Gasteiger partial charge >= 0.3 is 11.9 Å². The number of nitrogens with two attached hydrogens (primary N) is 1. The zero-order valence-corrected chi connectivity index (χ0v) is 11.1. The van der Waals surface area contributed by atoms with Gasteiger partial charge in [-0.05, 0) is 11.6 Å². The Balaban J connectivity index is 0.000000240. The van der Waals surface area contributed by atoms with Crippen LogP contribution in [0.2, 0.25) is 0 Å². The van der Waals surface area contributed by atoms with Gasteiger partial charge in [-0.3, -0.25) is 0 Å². The summed E-state index contributed by atoms with van der Waals surface area (Å²) in [5.74, 6) is -2.51. The van der Waals surface area contributed by atoms with Crippen molar-refractivity contribution >= 4 is 17.6 Å². The number of aliphatic carboxylic acids is 2. The molecular weight excluding hydrogens is 270 g/mol. The number of para-hydroxylation sites is 1. The van der Waals surface area contributed by atoms with Crippen molar-refractivity contribution in [2.24, 2.45) is 0 Å². The molecular formula is C16H15NO4. The molecule has 0 heterocycles. The first-order chi connectivity index (χ1) is 10.0. The van der Waals surface area contributed by atoms with Crippen LogP contribution in [0.1, 0.15) is 0 Å². The van der Waals surface area contributed by atoms with E-state index in [-0.39, 0.29) is 0 Å². The Labute approximate surface area is 122 Å². The summed E-state index contributed by atoms with van der Waals surface area (Å²) in [5, 5.41) is 15.6. The van der Waals surface area contributed by atoms with Gasteiger partial charge in [0.2, 0.25) is 0 Å². The highest BCUT2D eigenvalue weighted by molar-refractivity contribution is 5.89. The summed E-state index contributed by atoms with van der Waals surface area (Å²) in [6.07, 6.45) is 1.12. The average molecular weight is 285 g/mol. The van der Waals surface area contributed by atoms with E-state index in [1.807, 2.05) is 42.5 Å². The van der Waals surface area contributed by atoms with E-state index in [0.717, 1.165) is 11.3 Å². The molecule has 0 bridgehead atoms. The number of carbonyl (C=O) groups is 2. The smallest absolute Gasteiger partial charge is 0.328 e. The minimum Gasteiger partial charge on any atom is -0.478 e. The summed E-state index contributed by atoms with van der Waals surface area (Å²) in [4.78, 5) is 19.1. The van der Waals surface area contributed by atoms with Crippen molar-refractivity contribution in [2.75, 3.05) is 5.73 Å². The Bertz CT molecular complexity index is 620. The van der Waals surface area contributed by atoms with E-state index in [9.17, 15) is 9.59 Å². The highest BCUT2D eigenvalue weighted by atomic mass is 16.4. The minimum absolute atomic E-state index is 0.558. The number of hydrogen-bond donors (Lipinski definition) is 3. The summed E-state index contributed by atoms with van der Waals surface area (Å²) in [6.45, 7) is 0. The molecule has 2 aromatic carbocycles. The van der Waals surface area contributed by atoms with Crippen LogP contribution in [-0.4, -0.2) is 22.2 Å². The van der Waals surface area contributed by atoms with E-state index in [1.54, 1.807) is 0 Å². The molecule has 0 saturated carbocycles. The van der Waals surface area contributed by atoms with Gasteiger partial charge in [-0.1, -0.05) is 48.5 Å². The zero-order chi connectivity index (χ0) is 15.7. The van der Waals surface area contributed by atoms with Gasteiger partial charge in [0.1, 0.15) is 0 Å². The molecule has 0 spiro atoms.